The number of benzene rings is 1. The fourth-order valence-corrected chi connectivity index (χ4v) is 3.82. The number of hydrogen-bond donors (Lipinski definition) is 1. The van der Waals surface area contributed by atoms with Gasteiger partial charge in [-0.05, 0) is 37.1 Å². The zero-order valence-corrected chi connectivity index (χ0v) is 11.2. The van der Waals surface area contributed by atoms with Crippen LogP contribution in [0.4, 0.5) is 5.69 Å². The third-order valence-corrected chi connectivity index (χ3v) is 5.03. The van der Waals surface area contributed by atoms with Crippen LogP contribution in [0.5, 0.6) is 0 Å². The highest BCUT2D eigenvalue weighted by atomic mass is 79.9. The van der Waals surface area contributed by atoms with Crippen molar-refractivity contribution in [3.8, 4) is 0 Å². The Morgan fingerprint density at radius 1 is 1.25 bits per heavy atom. The van der Waals surface area contributed by atoms with E-state index in [0.29, 0.717) is 5.75 Å². The van der Waals surface area contributed by atoms with E-state index >= 15 is 0 Å². The second kappa shape index (κ2) is 4.75. The largest absolute Gasteiger partial charge is 0.381 e. The molecule has 0 aliphatic carbocycles. The van der Waals surface area contributed by atoms with Gasteiger partial charge in [0.15, 0.2) is 9.84 Å². The first kappa shape index (κ1) is 11.9. The summed E-state index contributed by atoms with van der Waals surface area (Å²) in [6.45, 7) is 0. The van der Waals surface area contributed by atoms with Crippen molar-refractivity contribution < 1.29 is 8.42 Å². The molecule has 1 aliphatic heterocycles. The zero-order chi connectivity index (χ0) is 11.6. The summed E-state index contributed by atoms with van der Waals surface area (Å²) in [4.78, 5) is 0. The summed E-state index contributed by atoms with van der Waals surface area (Å²) < 4.78 is 23.9. The minimum atomic E-state index is -2.83. The molecule has 1 aliphatic rings. The van der Waals surface area contributed by atoms with Gasteiger partial charge in [-0.25, -0.2) is 8.42 Å². The molecule has 3 nitrogen and oxygen atoms in total. The van der Waals surface area contributed by atoms with Crippen molar-refractivity contribution in [3.63, 3.8) is 0 Å². The predicted octanol–water partition coefficient (Wildman–Crippen LogP) is 2.44. The van der Waals surface area contributed by atoms with Crippen LogP contribution in [0.15, 0.2) is 28.7 Å². The van der Waals surface area contributed by atoms with Crippen molar-refractivity contribution in [2.45, 2.75) is 18.9 Å². The number of sulfone groups is 1. The summed E-state index contributed by atoms with van der Waals surface area (Å²) in [5, 5.41) is 3.26. The van der Waals surface area contributed by atoms with Crippen LogP contribution in [0.3, 0.4) is 0 Å². The van der Waals surface area contributed by atoms with Crippen LogP contribution in [-0.4, -0.2) is 26.0 Å². The summed E-state index contributed by atoms with van der Waals surface area (Å²) in [6, 6.07) is 7.84. The topological polar surface area (TPSA) is 46.2 Å². The van der Waals surface area contributed by atoms with Gasteiger partial charge in [0.25, 0.3) is 0 Å². The van der Waals surface area contributed by atoms with E-state index in [9.17, 15) is 8.42 Å². The summed E-state index contributed by atoms with van der Waals surface area (Å²) in [5.74, 6) is 0.592. The number of nitrogens with one attached hydrogen (secondary N) is 1. The first-order chi connectivity index (χ1) is 7.55. The van der Waals surface area contributed by atoms with E-state index in [4.69, 9.17) is 0 Å². The minimum Gasteiger partial charge on any atom is -0.381 e. The quantitative estimate of drug-likeness (QED) is 0.913. The van der Waals surface area contributed by atoms with Crippen LogP contribution in [0.25, 0.3) is 0 Å². The van der Waals surface area contributed by atoms with E-state index in [-0.39, 0.29) is 11.8 Å². The van der Waals surface area contributed by atoms with Gasteiger partial charge in [-0.1, -0.05) is 15.9 Å². The Morgan fingerprint density at radius 3 is 2.56 bits per heavy atom. The molecule has 16 heavy (non-hydrogen) atoms. The van der Waals surface area contributed by atoms with Crippen LogP contribution >= 0.6 is 15.9 Å². The van der Waals surface area contributed by atoms with Crippen molar-refractivity contribution in [1.29, 1.82) is 0 Å². The maximum Gasteiger partial charge on any atom is 0.152 e. The number of hydrogen-bond acceptors (Lipinski definition) is 3. The molecule has 0 spiro atoms. The van der Waals surface area contributed by atoms with Crippen LogP contribution in [0.2, 0.25) is 0 Å². The molecule has 1 N–H and O–H groups in total. The van der Waals surface area contributed by atoms with E-state index in [0.717, 1.165) is 23.0 Å². The average Bonchev–Trinajstić information content (AvgIpc) is 2.20. The van der Waals surface area contributed by atoms with E-state index in [1.807, 2.05) is 24.3 Å². The predicted molar refractivity (Wildman–Crippen MR) is 69.4 cm³/mol. The lowest BCUT2D eigenvalue weighted by molar-refractivity contribution is 0.562. The Hall–Kier alpha value is -0.550. The van der Waals surface area contributed by atoms with E-state index < -0.39 is 9.84 Å². The summed E-state index contributed by atoms with van der Waals surface area (Å²) in [7, 11) is -2.83. The molecule has 1 aromatic rings. The lowest BCUT2D eigenvalue weighted by Gasteiger charge is -2.23. The van der Waals surface area contributed by atoms with Gasteiger partial charge >= 0.3 is 0 Å². The van der Waals surface area contributed by atoms with Gasteiger partial charge in [-0.3, -0.25) is 0 Å². The lowest BCUT2D eigenvalue weighted by Crippen LogP contribution is -2.34. The van der Waals surface area contributed by atoms with Gasteiger partial charge in [0.05, 0.1) is 11.5 Å². The average molecular weight is 304 g/mol. The molecule has 0 amide bonds. The number of halogens is 1. The standard InChI is InChI=1S/C11H14BrNO2S/c12-9-3-5-10(6-4-9)13-11-2-1-7-16(14,15)8-11/h3-6,11,13H,1-2,7-8H2. The van der Waals surface area contributed by atoms with Gasteiger partial charge in [0.2, 0.25) is 0 Å². The molecule has 0 aromatic heterocycles. The minimum absolute atomic E-state index is 0.0555. The molecule has 1 aromatic carbocycles. The third kappa shape index (κ3) is 3.22. The van der Waals surface area contributed by atoms with E-state index in [1.165, 1.54) is 0 Å². The molecule has 0 saturated carbocycles. The van der Waals surface area contributed by atoms with Gasteiger partial charge in [-0.2, -0.15) is 0 Å². The highest BCUT2D eigenvalue weighted by molar-refractivity contribution is 9.10. The third-order valence-electron chi connectivity index (χ3n) is 2.68. The van der Waals surface area contributed by atoms with Gasteiger partial charge in [0, 0.05) is 16.2 Å². The van der Waals surface area contributed by atoms with Crippen LogP contribution < -0.4 is 5.32 Å². The Bertz CT molecular complexity index is 455. The Morgan fingerprint density at radius 2 is 1.94 bits per heavy atom. The Balaban J connectivity index is 2.02. The van der Waals surface area contributed by atoms with Crippen molar-refractivity contribution >= 4 is 31.5 Å². The Labute approximate surface area is 104 Å². The molecule has 2 rings (SSSR count). The molecule has 1 atom stereocenters. The summed E-state index contributed by atoms with van der Waals surface area (Å²) >= 11 is 3.37. The van der Waals surface area contributed by atoms with Crippen molar-refractivity contribution in [1.82, 2.24) is 0 Å². The second-order valence-corrected chi connectivity index (χ2v) is 7.25. The molecule has 0 radical (unpaired) electrons. The fraction of sp³-hybridized carbons (Fsp3) is 0.455. The van der Waals surface area contributed by atoms with Crippen LogP contribution in [-0.2, 0) is 9.84 Å². The molecule has 1 saturated heterocycles. The molecular weight excluding hydrogens is 290 g/mol. The highest BCUT2D eigenvalue weighted by Gasteiger charge is 2.24. The van der Waals surface area contributed by atoms with Gasteiger partial charge in [-0.15, -0.1) is 0 Å². The van der Waals surface area contributed by atoms with Gasteiger partial charge in [0.1, 0.15) is 0 Å². The molecule has 0 bridgehead atoms. The van der Waals surface area contributed by atoms with Crippen molar-refractivity contribution in [3.05, 3.63) is 28.7 Å². The Kier molecular flexibility index (Phi) is 3.54. The number of anilines is 1. The van der Waals surface area contributed by atoms with Gasteiger partial charge < -0.3 is 5.32 Å². The molecule has 1 heterocycles. The summed E-state index contributed by atoms with van der Waals surface area (Å²) in [6.07, 6.45) is 1.69. The maximum atomic E-state index is 11.5. The maximum absolute atomic E-state index is 11.5. The van der Waals surface area contributed by atoms with Crippen LogP contribution in [0, 0.1) is 0 Å². The first-order valence-electron chi connectivity index (χ1n) is 5.28. The molecule has 5 heteroatoms. The summed E-state index contributed by atoms with van der Waals surface area (Å²) in [5.41, 5.74) is 0.977. The van der Waals surface area contributed by atoms with E-state index in [1.54, 1.807) is 0 Å². The number of rotatable bonds is 2. The lowest BCUT2D eigenvalue weighted by atomic mass is 10.2. The first-order valence-corrected chi connectivity index (χ1v) is 7.89. The van der Waals surface area contributed by atoms with Crippen molar-refractivity contribution in [2.24, 2.45) is 0 Å². The zero-order valence-electron chi connectivity index (χ0n) is 8.82. The van der Waals surface area contributed by atoms with Crippen LogP contribution in [0.1, 0.15) is 12.8 Å². The molecule has 1 unspecified atom stereocenters. The molecule has 88 valence electrons. The van der Waals surface area contributed by atoms with E-state index in [2.05, 4.69) is 21.2 Å². The molecule has 1 fully saturated rings. The normalized spacial score (nSPS) is 23.9. The molecular formula is C11H14BrNO2S. The van der Waals surface area contributed by atoms with Crippen molar-refractivity contribution in [2.75, 3.05) is 16.8 Å². The highest BCUT2D eigenvalue weighted by Crippen LogP contribution is 2.19. The monoisotopic (exact) mass is 303 g/mol. The second-order valence-electron chi connectivity index (χ2n) is 4.10. The SMILES string of the molecule is O=S1(=O)CCCC(Nc2ccc(Br)cc2)C1. The smallest absolute Gasteiger partial charge is 0.152 e. The fourth-order valence-electron chi connectivity index (χ4n) is 1.92.